The molecule has 1 saturated heterocycles. The van der Waals surface area contributed by atoms with Gasteiger partial charge in [-0.3, -0.25) is 4.79 Å². The van der Waals surface area contributed by atoms with Crippen molar-refractivity contribution in [2.24, 2.45) is 0 Å². The van der Waals surface area contributed by atoms with Gasteiger partial charge in [0.05, 0.1) is 5.56 Å². The molecule has 0 radical (unpaired) electrons. The predicted molar refractivity (Wildman–Crippen MR) is 98.1 cm³/mol. The van der Waals surface area contributed by atoms with Crippen molar-refractivity contribution in [3.63, 3.8) is 0 Å². The third-order valence-corrected chi connectivity index (χ3v) is 4.92. The van der Waals surface area contributed by atoms with Gasteiger partial charge < -0.3 is 10.2 Å². The lowest BCUT2D eigenvalue weighted by Crippen LogP contribution is -2.26. The minimum Gasteiger partial charge on any atom is -0.372 e. The lowest BCUT2D eigenvalue weighted by Gasteiger charge is -2.17. The first kappa shape index (κ1) is 16.1. The Morgan fingerprint density at radius 2 is 1.74 bits per heavy atom. The van der Waals surface area contributed by atoms with E-state index in [4.69, 9.17) is 0 Å². The van der Waals surface area contributed by atoms with Gasteiger partial charge >= 0.3 is 0 Å². The lowest BCUT2D eigenvalue weighted by molar-refractivity contribution is 0.0953. The first-order valence-corrected chi connectivity index (χ1v) is 8.90. The fraction of sp³-hybridized carbons (Fsp3) is 0.316. The zero-order chi connectivity index (χ0) is 16.1. The average Bonchev–Trinajstić information content (AvgIpc) is 3.10. The quantitative estimate of drug-likeness (QED) is 0.859. The van der Waals surface area contributed by atoms with Gasteiger partial charge in [0.2, 0.25) is 0 Å². The third kappa shape index (κ3) is 4.14. The Hall–Kier alpha value is -1.81. The molecule has 0 spiro atoms. The number of benzene rings is 2. The molecule has 4 heteroatoms. The second kappa shape index (κ2) is 7.64. The van der Waals surface area contributed by atoms with Gasteiger partial charge in [0.25, 0.3) is 5.91 Å². The number of amides is 1. The molecular formula is C19H21BrN2O. The maximum atomic E-state index is 12.1. The van der Waals surface area contributed by atoms with Crippen molar-refractivity contribution < 1.29 is 4.79 Å². The van der Waals surface area contributed by atoms with E-state index in [2.05, 4.69) is 50.4 Å². The smallest absolute Gasteiger partial charge is 0.252 e. The molecule has 1 fully saturated rings. The Balaban J connectivity index is 1.50. The number of nitrogens with one attached hydrogen (secondary N) is 1. The van der Waals surface area contributed by atoms with Crippen LogP contribution in [0.3, 0.4) is 0 Å². The van der Waals surface area contributed by atoms with Crippen molar-refractivity contribution in [1.29, 1.82) is 0 Å². The fourth-order valence-electron chi connectivity index (χ4n) is 2.91. The molecule has 23 heavy (non-hydrogen) atoms. The number of carbonyl (C=O) groups excluding carboxylic acids is 1. The van der Waals surface area contributed by atoms with Crippen molar-refractivity contribution in [3.8, 4) is 0 Å². The van der Waals surface area contributed by atoms with Crippen LogP contribution in [0.1, 0.15) is 28.8 Å². The summed E-state index contributed by atoms with van der Waals surface area (Å²) >= 11 is 3.41. The van der Waals surface area contributed by atoms with Crippen molar-refractivity contribution in [2.45, 2.75) is 19.3 Å². The third-order valence-electron chi connectivity index (χ3n) is 4.23. The van der Waals surface area contributed by atoms with Crippen LogP contribution in [0.25, 0.3) is 0 Å². The zero-order valence-corrected chi connectivity index (χ0v) is 14.7. The first-order valence-electron chi connectivity index (χ1n) is 8.10. The Labute approximate surface area is 145 Å². The molecule has 120 valence electrons. The average molecular weight is 373 g/mol. The number of hydrogen-bond acceptors (Lipinski definition) is 2. The summed E-state index contributed by atoms with van der Waals surface area (Å²) in [5.41, 5.74) is 3.24. The molecule has 3 nitrogen and oxygen atoms in total. The monoisotopic (exact) mass is 372 g/mol. The van der Waals surface area contributed by atoms with Crippen LogP contribution in [-0.2, 0) is 6.42 Å². The lowest BCUT2D eigenvalue weighted by atomic mass is 10.1. The minimum absolute atomic E-state index is 0.0360. The highest BCUT2D eigenvalue weighted by atomic mass is 79.9. The summed E-state index contributed by atoms with van der Waals surface area (Å²) in [5.74, 6) is -0.0360. The Morgan fingerprint density at radius 1 is 1.04 bits per heavy atom. The van der Waals surface area contributed by atoms with Gasteiger partial charge in [0.1, 0.15) is 0 Å². The zero-order valence-electron chi connectivity index (χ0n) is 13.1. The summed E-state index contributed by atoms with van der Waals surface area (Å²) in [6, 6.07) is 16.2. The fourth-order valence-corrected chi connectivity index (χ4v) is 3.37. The van der Waals surface area contributed by atoms with Crippen LogP contribution >= 0.6 is 15.9 Å². The summed E-state index contributed by atoms with van der Waals surface area (Å²) in [6.45, 7) is 2.98. The number of carbonyl (C=O) groups is 1. The van der Waals surface area contributed by atoms with Crippen LogP contribution in [0.15, 0.2) is 53.0 Å². The number of halogens is 1. The van der Waals surface area contributed by atoms with Crippen LogP contribution in [0.2, 0.25) is 0 Å². The van der Waals surface area contributed by atoms with Gasteiger partial charge in [-0.15, -0.1) is 0 Å². The van der Waals surface area contributed by atoms with E-state index in [0.29, 0.717) is 12.1 Å². The highest BCUT2D eigenvalue weighted by Gasteiger charge is 2.12. The van der Waals surface area contributed by atoms with Gasteiger partial charge in [-0.25, -0.2) is 0 Å². The van der Waals surface area contributed by atoms with Crippen LogP contribution in [0.5, 0.6) is 0 Å². The molecule has 1 heterocycles. The summed E-state index contributed by atoms with van der Waals surface area (Å²) in [4.78, 5) is 14.6. The Kier molecular flexibility index (Phi) is 5.34. The number of rotatable bonds is 5. The van der Waals surface area contributed by atoms with Crippen LogP contribution < -0.4 is 10.2 Å². The molecule has 0 bridgehead atoms. The van der Waals surface area contributed by atoms with E-state index in [9.17, 15) is 4.79 Å². The molecule has 0 saturated carbocycles. The minimum atomic E-state index is -0.0360. The number of nitrogens with zero attached hydrogens (tertiary/aromatic N) is 1. The summed E-state index contributed by atoms with van der Waals surface area (Å²) in [7, 11) is 0. The standard InChI is InChI=1S/C19H21BrN2O/c20-18-6-2-1-5-17(18)19(23)21-12-11-15-7-9-16(10-8-15)22-13-3-4-14-22/h1-2,5-10H,3-4,11-14H2,(H,21,23). The normalized spacial score (nSPS) is 14.0. The van der Waals surface area contributed by atoms with E-state index in [1.165, 1.54) is 37.2 Å². The molecular weight excluding hydrogens is 352 g/mol. The number of anilines is 1. The Morgan fingerprint density at radius 3 is 2.43 bits per heavy atom. The van der Waals surface area contributed by atoms with Crippen molar-refractivity contribution in [1.82, 2.24) is 5.32 Å². The maximum Gasteiger partial charge on any atom is 0.252 e. The van der Waals surface area contributed by atoms with Gasteiger partial charge in [0, 0.05) is 29.8 Å². The maximum absolute atomic E-state index is 12.1. The summed E-state index contributed by atoms with van der Waals surface area (Å²) < 4.78 is 0.826. The molecule has 0 aromatic heterocycles. The van der Waals surface area contributed by atoms with E-state index in [1.54, 1.807) is 0 Å². The van der Waals surface area contributed by atoms with Crippen molar-refractivity contribution in [2.75, 3.05) is 24.5 Å². The number of hydrogen-bond donors (Lipinski definition) is 1. The van der Waals surface area contributed by atoms with E-state index in [1.807, 2.05) is 24.3 Å². The Bertz CT molecular complexity index is 663. The van der Waals surface area contributed by atoms with Gasteiger partial charge in [-0.05, 0) is 65.0 Å². The molecule has 1 amide bonds. The van der Waals surface area contributed by atoms with Crippen molar-refractivity contribution >= 4 is 27.5 Å². The molecule has 3 rings (SSSR count). The second-order valence-electron chi connectivity index (χ2n) is 5.85. The van der Waals surface area contributed by atoms with Crippen molar-refractivity contribution in [3.05, 3.63) is 64.1 Å². The van der Waals surface area contributed by atoms with Gasteiger partial charge in [0.15, 0.2) is 0 Å². The molecule has 0 unspecified atom stereocenters. The molecule has 0 atom stereocenters. The van der Waals surface area contributed by atoms with E-state index in [0.717, 1.165) is 10.9 Å². The van der Waals surface area contributed by atoms with Crippen LogP contribution in [0.4, 0.5) is 5.69 Å². The van der Waals surface area contributed by atoms with E-state index < -0.39 is 0 Å². The highest BCUT2D eigenvalue weighted by Crippen LogP contribution is 2.20. The summed E-state index contributed by atoms with van der Waals surface area (Å²) in [5, 5.41) is 2.98. The SMILES string of the molecule is O=C(NCCc1ccc(N2CCCC2)cc1)c1ccccc1Br. The first-order chi connectivity index (χ1) is 11.2. The highest BCUT2D eigenvalue weighted by molar-refractivity contribution is 9.10. The predicted octanol–water partition coefficient (Wildman–Crippen LogP) is 4.02. The van der Waals surface area contributed by atoms with Gasteiger partial charge in [-0.2, -0.15) is 0 Å². The summed E-state index contributed by atoms with van der Waals surface area (Å²) in [6.07, 6.45) is 3.43. The molecule has 1 aliphatic rings. The van der Waals surface area contributed by atoms with E-state index in [-0.39, 0.29) is 5.91 Å². The van der Waals surface area contributed by atoms with Crippen LogP contribution in [0, 0.1) is 0 Å². The van der Waals surface area contributed by atoms with Crippen LogP contribution in [-0.4, -0.2) is 25.5 Å². The second-order valence-corrected chi connectivity index (χ2v) is 6.70. The molecule has 1 aliphatic heterocycles. The molecule has 0 aliphatic carbocycles. The molecule has 1 N–H and O–H groups in total. The van der Waals surface area contributed by atoms with E-state index >= 15 is 0 Å². The largest absolute Gasteiger partial charge is 0.372 e. The molecule has 2 aromatic rings. The topological polar surface area (TPSA) is 32.3 Å². The molecule has 2 aromatic carbocycles. The van der Waals surface area contributed by atoms with Gasteiger partial charge in [-0.1, -0.05) is 24.3 Å².